The summed E-state index contributed by atoms with van der Waals surface area (Å²) in [5, 5.41) is 43.3. The van der Waals surface area contributed by atoms with Crippen molar-refractivity contribution in [3.63, 3.8) is 0 Å². The maximum atomic E-state index is 12.7. The van der Waals surface area contributed by atoms with Crippen molar-refractivity contribution in [3.8, 4) is 12.1 Å². The minimum absolute atomic E-state index is 0. The van der Waals surface area contributed by atoms with E-state index in [1.165, 1.54) is 29.1 Å². The summed E-state index contributed by atoms with van der Waals surface area (Å²) >= 11 is 0. The average Bonchev–Trinajstić information content (AvgIpc) is 4.22. The van der Waals surface area contributed by atoms with Crippen molar-refractivity contribution >= 4 is 92.2 Å². The largest absolute Gasteiger partial charge is 1.00 e. The third-order valence-electron chi connectivity index (χ3n) is 13.8. The van der Waals surface area contributed by atoms with Crippen LogP contribution < -0.4 is 45.5 Å². The number of esters is 1. The standard InChI is InChI=1S/C28H23NO2P.C19H14N2O2.C10H9NO2.C10H9NO.Na.H/c1-31-28(30)27-19-22(20-29)17-18-23(27)21-32(24-11-5-2-6-12-24,25-13-7-3-8-14-25)26-15-9-4-10-16-26;1-21-16(11-15-4-2-3-5-18(15)21)9-8-14-7-6-13(12-20)10-17(14)19(22)23;1-11-8-5-3-2-4-7(8)6-9(11)10(12)13;1-11-9(7-12)6-8-4-2-3-5-10(8)11;;/h2-19H,21H2,1H3;2-11H,1H3,(H,22,23);2-6H,1H3,(H,12,13);2-7H,1H3;;/q+1;;;;+1;-1/b;9-8+;;;;. The van der Waals surface area contributed by atoms with Crippen LogP contribution in [0.5, 0.6) is 0 Å². The van der Waals surface area contributed by atoms with E-state index in [2.05, 4.69) is 89.5 Å². The molecule has 11 rings (SSSR count). The Morgan fingerprint density at radius 1 is 0.519 bits per heavy atom. The molecule has 396 valence electrons. The Bertz CT molecular complexity index is 4070. The molecule has 0 aliphatic heterocycles. The van der Waals surface area contributed by atoms with Gasteiger partial charge in [-0.2, -0.15) is 10.5 Å². The van der Waals surface area contributed by atoms with Gasteiger partial charge in [0.15, 0.2) is 6.29 Å². The quantitative estimate of drug-likeness (QED) is 0.0552. The number of aromatic nitrogens is 3. The van der Waals surface area contributed by atoms with Crippen LogP contribution in [0, 0.1) is 22.7 Å². The molecular weight excluding hydrogens is 1040 g/mol. The van der Waals surface area contributed by atoms with E-state index >= 15 is 0 Å². The third kappa shape index (κ3) is 13.4. The van der Waals surface area contributed by atoms with E-state index in [0.29, 0.717) is 34.1 Å². The van der Waals surface area contributed by atoms with Gasteiger partial charge >= 0.3 is 47.5 Å². The molecule has 0 radical (unpaired) electrons. The van der Waals surface area contributed by atoms with Gasteiger partial charge in [0.1, 0.15) is 28.9 Å². The third-order valence-corrected chi connectivity index (χ3v) is 18.1. The first-order valence-corrected chi connectivity index (χ1v) is 27.2. The van der Waals surface area contributed by atoms with Crippen LogP contribution in [-0.2, 0) is 32.0 Å². The molecule has 0 aliphatic carbocycles. The predicted octanol–water partition coefficient (Wildman–Crippen LogP) is 9.74. The van der Waals surface area contributed by atoms with Crippen LogP contribution >= 0.6 is 7.26 Å². The molecule has 2 N–H and O–H groups in total. The Kier molecular flexibility index (Phi) is 20.1. The second kappa shape index (κ2) is 27.5. The summed E-state index contributed by atoms with van der Waals surface area (Å²) in [4.78, 5) is 45.4. The Hall–Kier alpha value is -9.39. The van der Waals surface area contributed by atoms with Crippen molar-refractivity contribution in [2.45, 2.75) is 6.16 Å². The van der Waals surface area contributed by atoms with Crippen LogP contribution in [0.3, 0.4) is 0 Å². The topological polar surface area (TPSA) is 180 Å². The van der Waals surface area contributed by atoms with Gasteiger partial charge in [0.05, 0.1) is 53.4 Å². The first kappa shape index (κ1) is 59.3. The van der Waals surface area contributed by atoms with Crippen LogP contribution in [-0.4, -0.2) is 55.2 Å². The van der Waals surface area contributed by atoms with Gasteiger partial charge in [0.25, 0.3) is 0 Å². The van der Waals surface area contributed by atoms with E-state index in [4.69, 9.17) is 15.1 Å². The van der Waals surface area contributed by atoms with Crippen molar-refractivity contribution in [2.75, 3.05) is 7.11 Å². The first-order valence-electron chi connectivity index (χ1n) is 25.3. The molecular formula is C67H56N5NaO7P+. The molecule has 3 aromatic heterocycles. The van der Waals surface area contributed by atoms with Gasteiger partial charge in [-0.25, -0.2) is 14.4 Å². The van der Waals surface area contributed by atoms with E-state index in [9.17, 15) is 29.5 Å². The predicted molar refractivity (Wildman–Crippen MR) is 321 cm³/mol. The summed E-state index contributed by atoms with van der Waals surface area (Å²) < 4.78 is 10.7. The number of hydrogen-bond acceptors (Lipinski definition) is 7. The zero-order valence-corrected chi connectivity index (χ0v) is 48.2. The summed E-state index contributed by atoms with van der Waals surface area (Å²) in [6, 6.07) is 74.8. The van der Waals surface area contributed by atoms with Gasteiger partial charge < -0.3 is 30.1 Å². The van der Waals surface area contributed by atoms with Gasteiger partial charge in [-0.3, -0.25) is 4.79 Å². The number of carboxylic acid groups (broad SMARTS) is 2. The van der Waals surface area contributed by atoms with Crippen LogP contribution in [0.1, 0.15) is 71.1 Å². The fraction of sp³-hybridized carbons (Fsp3) is 0.0746. The van der Waals surface area contributed by atoms with Gasteiger partial charge in [-0.15, -0.1) is 0 Å². The van der Waals surface area contributed by atoms with Crippen molar-refractivity contribution in [2.24, 2.45) is 21.1 Å². The summed E-state index contributed by atoms with van der Waals surface area (Å²) in [6.07, 6.45) is 5.16. The van der Waals surface area contributed by atoms with Gasteiger partial charge in [-0.05, 0) is 109 Å². The van der Waals surface area contributed by atoms with Gasteiger partial charge in [-0.1, -0.05) is 127 Å². The Labute approximate surface area is 493 Å². The summed E-state index contributed by atoms with van der Waals surface area (Å²) in [5.41, 5.74) is 7.97. The average molecular weight is 1100 g/mol. The molecule has 0 aliphatic rings. The normalized spacial score (nSPS) is 10.6. The number of carbonyl (C=O) groups excluding carboxylic acids is 2. The monoisotopic (exact) mass is 1100 g/mol. The Morgan fingerprint density at radius 2 is 0.938 bits per heavy atom. The zero-order valence-electron chi connectivity index (χ0n) is 46.3. The number of benzene rings is 8. The molecule has 12 nitrogen and oxygen atoms in total. The van der Waals surface area contributed by atoms with Crippen LogP contribution in [0.2, 0.25) is 0 Å². The Morgan fingerprint density at radius 3 is 1.37 bits per heavy atom. The Balaban J connectivity index is 0.000000188. The molecule has 0 bridgehead atoms. The number of ether oxygens (including phenoxy) is 1. The number of nitrogens with zero attached hydrogens (tertiary/aromatic N) is 5. The number of para-hydroxylation sites is 3. The number of rotatable bonds is 11. The molecule has 0 saturated heterocycles. The van der Waals surface area contributed by atoms with Crippen LogP contribution in [0.15, 0.2) is 218 Å². The van der Waals surface area contributed by atoms with Crippen LogP contribution in [0.4, 0.5) is 0 Å². The van der Waals surface area contributed by atoms with Crippen molar-refractivity contribution in [1.82, 2.24) is 13.7 Å². The summed E-state index contributed by atoms with van der Waals surface area (Å²) in [5.74, 6) is -2.36. The number of fused-ring (bicyclic) bond motifs is 3. The van der Waals surface area contributed by atoms with Crippen molar-refractivity contribution < 1.29 is 65.1 Å². The molecule has 8 aromatic carbocycles. The first-order chi connectivity index (χ1) is 38.8. The molecule has 0 unspecified atom stereocenters. The molecule has 14 heteroatoms. The smallest absolute Gasteiger partial charge is 1.00 e. The van der Waals surface area contributed by atoms with Gasteiger partial charge in [0, 0.05) is 65.1 Å². The SMILES string of the molecule is COC(=O)c1cc(C#N)ccc1C[P+](c1ccccc1)(c1ccccc1)c1ccccc1.Cn1c(/C=C/c2ccc(C#N)cc2C(=O)O)cc2ccccc21.Cn1c(C(=O)O)cc2ccccc21.Cn1c(C=O)cc2ccccc21.[H-].[Na+]. The number of aromatic carboxylic acids is 2. The number of hydrogen-bond donors (Lipinski definition) is 2. The number of aldehydes is 1. The van der Waals surface area contributed by atoms with E-state index in [1.54, 1.807) is 48.0 Å². The maximum absolute atomic E-state index is 12.7. The minimum atomic E-state index is -2.17. The van der Waals surface area contributed by atoms with Gasteiger partial charge in [0.2, 0.25) is 0 Å². The van der Waals surface area contributed by atoms with E-state index < -0.39 is 25.2 Å². The number of methoxy groups -OCH3 is 1. The fourth-order valence-corrected chi connectivity index (χ4v) is 13.9. The molecule has 0 atom stereocenters. The van der Waals surface area contributed by atoms with Crippen LogP contribution in [0.25, 0.3) is 44.9 Å². The molecule has 11 aromatic rings. The van der Waals surface area contributed by atoms with E-state index in [1.807, 2.05) is 134 Å². The molecule has 0 spiro atoms. The molecule has 0 saturated carbocycles. The summed E-state index contributed by atoms with van der Waals surface area (Å²) in [7, 11) is 4.83. The zero-order chi connectivity index (χ0) is 56.8. The van der Waals surface area contributed by atoms with E-state index in [-0.39, 0.29) is 36.5 Å². The number of carboxylic acids is 2. The molecule has 0 amide bonds. The molecule has 0 fully saturated rings. The number of carbonyl (C=O) groups is 4. The molecule has 81 heavy (non-hydrogen) atoms. The number of aryl methyl sites for hydroxylation is 3. The van der Waals surface area contributed by atoms with E-state index in [0.717, 1.165) is 55.9 Å². The summed E-state index contributed by atoms with van der Waals surface area (Å²) in [6.45, 7) is 0. The fourth-order valence-electron chi connectivity index (χ4n) is 9.63. The maximum Gasteiger partial charge on any atom is 1.00 e. The second-order valence-electron chi connectivity index (χ2n) is 18.4. The van der Waals surface area contributed by atoms with Crippen molar-refractivity contribution in [3.05, 3.63) is 269 Å². The van der Waals surface area contributed by atoms with Crippen molar-refractivity contribution in [1.29, 1.82) is 10.5 Å². The second-order valence-corrected chi connectivity index (χ2v) is 21.9. The molecule has 3 heterocycles. The number of nitriles is 2. The minimum Gasteiger partial charge on any atom is -1.00 e.